The molecule has 4 unspecified atom stereocenters. The van der Waals surface area contributed by atoms with Crippen molar-refractivity contribution in [3.63, 3.8) is 0 Å². The second-order valence-corrected chi connectivity index (χ2v) is 9.58. The summed E-state index contributed by atoms with van der Waals surface area (Å²) in [6.07, 6.45) is 13.7. The third-order valence-corrected chi connectivity index (χ3v) is 7.72. The second kappa shape index (κ2) is 10.1. The SMILES string of the molecule is C=CC1CCC2CC(c3ccc(-c4ccc(CC/C=C/C)c(F)c4)c(F)c3F)CCC2C1. The highest BCUT2D eigenvalue weighted by atomic mass is 19.2. The molecule has 4 atom stereocenters. The Morgan fingerprint density at radius 3 is 2.47 bits per heavy atom. The molecule has 2 saturated carbocycles. The first-order chi connectivity index (χ1) is 15.5. The summed E-state index contributed by atoms with van der Waals surface area (Å²) in [5, 5.41) is 0. The van der Waals surface area contributed by atoms with Crippen LogP contribution in [0.3, 0.4) is 0 Å². The monoisotopic (exact) mass is 438 g/mol. The Morgan fingerprint density at radius 1 is 0.938 bits per heavy atom. The van der Waals surface area contributed by atoms with Gasteiger partial charge >= 0.3 is 0 Å². The van der Waals surface area contributed by atoms with Crippen molar-refractivity contribution >= 4 is 0 Å². The van der Waals surface area contributed by atoms with Crippen LogP contribution < -0.4 is 0 Å². The zero-order valence-corrected chi connectivity index (χ0v) is 18.9. The number of hydrogen-bond donors (Lipinski definition) is 0. The minimum Gasteiger partial charge on any atom is -0.207 e. The lowest BCUT2D eigenvalue weighted by Gasteiger charge is -2.41. The van der Waals surface area contributed by atoms with Gasteiger partial charge in [0.1, 0.15) is 5.82 Å². The molecule has 2 aliphatic carbocycles. The quantitative estimate of drug-likeness (QED) is 0.395. The van der Waals surface area contributed by atoms with Gasteiger partial charge in [-0.15, -0.1) is 6.58 Å². The first-order valence-corrected chi connectivity index (χ1v) is 12.0. The van der Waals surface area contributed by atoms with Gasteiger partial charge in [-0.3, -0.25) is 0 Å². The molecule has 0 bridgehead atoms. The molecule has 0 nitrogen and oxygen atoms in total. The predicted octanol–water partition coefficient (Wildman–Crippen LogP) is 8.77. The van der Waals surface area contributed by atoms with Gasteiger partial charge in [0.2, 0.25) is 0 Å². The lowest BCUT2D eigenvalue weighted by Crippen LogP contribution is -2.30. The van der Waals surface area contributed by atoms with Gasteiger partial charge in [0.25, 0.3) is 0 Å². The Labute approximate surface area is 190 Å². The number of aryl methyl sites for hydroxylation is 1. The van der Waals surface area contributed by atoms with Crippen molar-refractivity contribution in [1.82, 2.24) is 0 Å². The van der Waals surface area contributed by atoms with Crippen molar-refractivity contribution in [2.24, 2.45) is 17.8 Å². The van der Waals surface area contributed by atoms with E-state index in [4.69, 9.17) is 0 Å². The molecular weight excluding hydrogens is 405 g/mol. The van der Waals surface area contributed by atoms with Gasteiger partial charge < -0.3 is 0 Å². The highest BCUT2D eigenvalue weighted by Gasteiger charge is 2.36. The van der Waals surface area contributed by atoms with Crippen molar-refractivity contribution in [3.8, 4) is 11.1 Å². The molecule has 32 heavy (non-hydrogen) atoms. The fourth-order valence-corrected chi connectivity index (χ4v) is 5.85. The fraction of sp³-hybridized carbons (Fsp3) is 0.448. The normalized spacial score (nSPS) is 25.6. The maximum absolute atomic E-state index is 15.2. The number of allylic oxidation sites excluding steroid dienone is 3. The Kier molecular flexibility index (Phi) is 7.23. The van der Waals surface area contributed by atoms with E-state index in [-0.39, 0.29) is 17.3 Å². The van der Waals surface area contributed by atoms with Crippen molar-refractivity contribution < 1.29 is 13.2 Å². The molecule has 170 valence electrons. The van der Waals surface area contributed by atoms with Crippen molar-refractivity contribution in [2.45, 2.75) is 64.2 Å². The molecule has 0 spiro atoms. The largest absolute Gasteiger partial charge is 0.207 e. The molecule has 2 fully saturated rings. The van der Waals surface area contributed by atoms with Crippen molar-refractivity contribution in [3.05, 3.63) is 83.7 Å². The molecule has 0 amide bonds. The summed E-state index contributed by atoms with van der Waals surface area (Å²) in [5.74, 6) is -0.0450. The van der Waals surface area contributed by atoms with Crippen LogP contribution in [0.15, 0.2) is 55.1 Å². The van der Waals surface area contributed by atoms with Crippen LogP contribution in [-0.2, 0) is 6.42 Å². The summed E-state index contributed by atoms with van der Waals surface area (Å²) in [6, 6.07) is 8.05. The molecule has 0 aliphatic heterocycles. The summed E-state index contributed by atoms with van der Waals surface area (Å²) in [4.78, 5) is 0. The van der Waals surface area contributed by atoms with Gasteiger partial charge in [-0.25, -0.2) is 13.2 Å². The Hall–Kier alpha value is -2.29. The van der Waals surface area contributed by atoms with E-state index in [2.05, 4.69) is 12.7 Å². The van der Waals surface area contributed by atoms with Gasteiger partial charge in [-0.1, -0.05) is 42.5 Å². The van der Waals surface area contributed by atoms with Crippen LogP contribution in [-0.4, -0.2) is 0 Å². The van der Waals surface area contributed by atoms with E-state index < -0.39 is 11.6 Å². The standard InChI is InChI=1S/C29H33F3/c1-3-5-6-7-20-10-12-24(18-27(20)30)26-15-14-25(28(31)29(26)32)23-13-11-21-16-19(4-2)8-9-22(21)17-23/h3-5,10,12,14-15,18-19,21-23H,2,6-9,11,13,16-17H2,1H3/b5-3+. The van der Waals surface area contributed by atoms with Gasteiger partial charge in [0.15, 0.2) is 11.6 Å². The number of benzene rings is 2. The fourth-order valence-electron chi connectivity index (χ4n) is 5.85. The Morgan fingerprint density at radius 2 is 1.72 bits per heavy atom. The lowest BCUT2D eigenvalue weighted by molar-refractivity contribution is 0.132. The first kappa shape index (κ1) is 22.9. The number of halogens is 3. The molecule has 4 rings (SSSR count). The van der Waals surface area contributed by atoms with E-state index in [9.17, 15) is 4.39 Å². The van der Waals surface area contributed by atoms with E-state index in [1.54, 1.807) is 24.3 Å². The van der Waals surface area contributed by atoms with E-state index in [0.717, 1.165) is 38.5 Å². The zero-order valence-electron chi connectivity index (χ0n) is 18.9. The highest BCUT2D eigenvalue weighted by Crippen LogP contribution is 2.48. The number of hydrogen-bond acceptors (Lipinski definition) is 0. The lowest BCUT2D eigenvalue weighted by atomic mass is 9.64. The van der Waals surface area contributed by atoms with Gasteiger partial charge in [0.05, 0.1) is 0 Å². The highest BCUT2D eigenvalue weighted by molar-refractivity contribution is 5.65. The van der Waals surface area contributed by atoms with Gasteiger partial charge in [0, 0.05) is 5.56 Å². The summed E-state index contributed by atoms with van der Waals surface area (Å²) in [6.45, 7) is 5.88. The molecule has 0 aromatic heterocycles. The predicted molar refractivity (Wildman–Crippen MR) is 126 cm³/mol. The van der Waals surface area contributed by atoms with Crippen LogP contribution in [0.2, 0.25) is 0 Å². The van der Waals surface area contributed by atoms with Gasteiger partial charge in [-0.05, 0) is 105 Å². The topological polar surface area (TPSA) is 0 Å². The van der Waals surface area contributed by atoms with E-state index in [0.29, 0.717) is 40.9 Å². The van der Waals surface area contributed by atoms with E-state index in [1.807, 2.05) is 19.1 Å². The first-order valence-electron chi connectivity index (χ1n) is 12.0. The third kappa shape index (κ3) is 4.72. The van der Waals surface area contributed by atoms with Crippen LogP contribution in [0, 0.1) is 35.2 Å². The molecule has 2 aromatic rings. The van der Waals surface area contributed by atoms with E-state index in [1.165, 1.54) is 12.5 Å². The summed E-state index contributed by atoms with van der Waals surface area (Å²) in [5.41, 5.74) is 1.59. The second-order valence-electron chi connectivity index (χ2n) is 9.58. The van der Waals surface area contributed by atoms with Crippen molar-refractivity contribution in [2.75, 3.05) is 0 Å². The molecular formula is C29H33F3. The minimum atomic E-state index is -0.860. The molecule has 2 aromatic carbocycles. The molecule has 0 N–H and O–H groups in total. The average molecular weight is 439 g/mol. The molecule has 3 heteroatoms. The van der Waals surface area contributed by atoms with E-state index >= 15 is 8.78 Å². The number of fused-ring (bicyclic) bond motifs is 1. The Balaban J connectivity index is 1.52. The molecule has 2 aliphatic rings. The van der Waals surface area contributed by atoms with Crippen LogP contribution >= 0.6 is 0 Å². The van der Waals surface area contributed by atoms with Gasteiger partial charge in [-0.2, -0.15) is 0 Å². The third-order valence-electron chi connectivity index (χ3n) is 7.72. The molecule has 0 radical (unpaired) electrons. The summed E-state index contributed by atoms with van der Waals surface area (Å²) in [7, 11) is 0. The smallest absolute Gasteiger partial charge is 0.166 e. The minimum absolute atomic E-state index is 0.0609. The van der Waals surface area contributed by atoms with Crippen LogP contribution in [0.25, 0.3) is 11.1 Å². The van der Waals surface area contributed by atoms with Crippen LogP contribution in [0.4, 0.5) is 13.2 Å². The van der Waals surface area contributed by atoms with Crippen molar-refractivity contribution in [1.29, 1.82) is 0 Å². The summed E-state index contributed by atoms with van der Waals surface area (Å²) >= 11 is 0. The average Bonchev–Trinajstić information content (AvgIpc) is 2.81. The molecule has 0 saturated heterocycles. The maximum Gasteiger partial charge on any atom is 0.166 e. The summed E-state index contributed by atoms with van der Waals surface area (Å²) < 4.78 is 44.8. The maximum atomic E-state index is 15.2. The zero-order chi connectivity index (χ0) is 22.7. The Bertz CT molecular complexity index is 990. The number of rotatable bonds is 6. The van der Waals surface area contributed by atoms with Crippen LogP contribution in [0.5, 0.6) is 0 Å². The van der Waals surface area contributed by atoms with Crippen LogP contribution in [0.1, 0.15) is 68.9 Å². The molecule has 0 heterocycles.